The molecule has 2 heterocycles. The first-order valence-corrected chi connectivity index (χ1v) is 7.05. The number of hydrogen-bond acceptors (Lipinski definition) is 3. The maximum absolute atomic E-state index is 6.09. The maximum atomic E-state index is 6.09. The molecule has 2 N–H and O–H groups in total. The molecule has 1 aromatic carbocycles. The van der Waals surface area contributed by atoms with E-state index < -0.39 is 0 Å². The summed E-state index contributed by atoms with van der Waals surface area (Å²) in [6.45, 7) is 4.71. The second-order valence-electron chi connectivity index (χ2n) is 6.39. The van der Waals surface area contributed by atoms with E-state index in [1.807, 2.05) is 0 Å². The Balaban J connectivity index is 1.97. The van der Waals surface area contributed by atoms with E-state index in [9.17, 15) is 0 Å². The molecule has 1 fully saturated rings. The zero-order chi connectivity index (χ0) is 13.2. The molecule has 2 aliphatic rings. The molecule has 0 unspecified atom stereocenters. The van der Waals surface area contributed by atoms with Crippen molar-refractivity contribution in [1.82, 2.24) is 0 Å². The molecule has 1 aliphatic heterocycles. The predicted octanol–water partition coefficient (Wildman–Crippen LogP) is 3.48. The quantitative estimate of drug-likeness (QED) is 0.896. The molecule has 1 saturated carbocycles. The SMILES string of the molecule is CC1(C)Cc2ccc3c(C4CC4)c(CN)oc3c2O1. The molecule has 3 nitrogen and oxygen atoms in total. The third-order valence-corrected chi connectivity index (χ3v) is 4.18. The summed E-state index contributed by atoms with van der Waals surface area (Å²) in [5.41, 5.74) is 9.19. The second-order valence-corrected chi connectivity index (χ2v) is 6.39. The van der Waals surface area contributed by atoms with Crippen molar-refractivity contribution in [3.8, 4) is 5.75 Å². The standard InChI is InChI=1S/C16H19NO2/c1-16(2)7-10-5-6-11-13(9-3-4-9)12(8-17)18-15(11)14(10)19-16/h5-6,9H,3-4,7-8,17H2,1-2H3. The summed E-state index contributed by atoms with van der Waals surface area (Å²) >= 11 is 0. The van der Waals surface area contributed by atoms with E-state index >= 15 is 0 Å². The second kappa shape index (κ2) is 3.54. The van der Waals surface area contributed by atoms with Crippen LogP contribution >= 0.6 is 0 Å². The van der Waals surface area contributed by atoms with Crippen LogP contribution in [-0.4, -0.2) is 5.60 Å². The normalized spacial score (nSPS) is 20.6. The molecule has 0 radical (unpaired) electrons. The van der Waals surface area contributed by atoms with E-state index in [2.05, 4.69) is 26.0 Å². The molecule has 2 aromatic rings. The molecule has 0 atom stereocenters. The van der Waals surface area contributed by atoms with Crippen LogP contribution in [0.25, 0.3) is 11.0 Å². The Morgan fingerprint density at radius 1 is 1.32 bits per heavy atom. The van der Waals surface area contributed by atoms with Gasteiger partial charge in [-0.15, -0.1) is 0 Å². The molecule has 1 aliphatic carbocycles. The topological polar surface area (TPSA) is 48.4 Å². The first-order valence-electron chi connectivity index (χ1n) is 7.05. The number of ether oxygens (including phenoxy) is 1. The van der Waals surface area contributed by atoms with Crippen LogP contribution in [0.5, 0.6) is 5.75 Å². The van der Waals surface area contributed by atoms with E-state index in [0.29, 0.717) is 12.5 Å². The van der Waals surface area contributed by atoms with Gasteiger partial charge in [-0.2, -0.15) is 0 Å². The van der Waals surface area contributed by atoms with Gasteiger partial charge in [0.15, 0.2) is 11.3 Å². The van der Waals surface area contributed by atoms with Crippen LogP contribution in [0, 0.1) is 0 Å². The van der Waals surface area contributed by atoms with Crippen molar-refractivity contribution in [1.29, 1.82) is 0 Å². The zero-order valence-electron chi connectivity index (χ0n) is 11.5. The van der Waals surface area contributed by atoms with Crippen LogP contribution in [0.3, 0.4) is 0 Å². The van der Waals surface area contributed by atoms with Crippen molar-refractivity contribution in [3.63, 3.8) is 0 Å². The largest absolute Gasteiger partial charge is 0.483 e. The van der Waals surface area contributed by atoms with Gasteiger partial charge >= 0.3 is 0 Å². The van der Waals surface area contributed by atoms with Gasteiger partial charge < -0.3 is 14.9 Å². The van der Waals surface area contributed by atoms with Gasteiger partial charge in [-0.25, -0.2) is 0 Å². The highest BCUT2D eigenvalue weighted by Gasteiger charge is 2.36. The molecular formula is C16H19NO2. The summed E-state index contributed by atoms with van der Waals surface area (Å²) in [7, 11) is 0. The van der Waals surface area contributed by atoms with Gasteiger partial charge in [0.2, 0.25) is 0 Å². The molecule has 0 bridgehead atoms. The Morgan fingerprint density at radius 3 is 2.79 bits per heavy atom. The summed E-state index contributed by atoms with van der Waals surface area (Å²) in [4.78, 5) is 0. The van der Waals surface area contributed by atoms with E-state index in [4.69, 9.17) is 14.9 Å². The highest BCUT2D eigenvalue weighted by atomic mass is 16.5. The fourth-order valence-corrected chi connectivity index (χ4v) is 3.24. The fraction of sp³-hybridized carbons (Fsp3) is 0.500. The van der Waals surface area contributed by atoms with Crippen molar-refractivity contribution >= 4 is 11.0 Å². The Hall–Kier alpha value is -1.48. The highest BCUT2D eigenvalue weighted by Crippen LogP contribution is 2.49. The van der Waals surface area contributed by atoms with Crippen LogP contribution in [-0.2, 0) is 13.0 Å². The molecule has 1 aromatic heterocycles. The molecule has 0 amide bonds. The molecular weight excluding hydrogens is 238 g/mol. The zero-order valence-corrected chi connectivity index (χ0v) is 11.5. The van der Waals surface area contributed by atoms with Crippen LogP contribution < -0.4 is 10.5 Å². The summed E-state index contributed by atoms with van der Waals surface area (Å²) in [5.74, 6) is 2.52. The van der Waals surface area contributed by atoms with Crippen molar-refractivity contribution in [2.75, 3.05) is 0 Å². The molecule has 0 saturated heterocycles. The van der Waals surface area contributed by atoms with Gasteiger partial charge in [0.1, 0.15) is 11.4 Å². The van der Waals surface area contributed by atoms with E-state index in [1.165, 1.54) is 29.4 Å². The molecule has 100 valence electrons. The van der Waals surface area contributed by atoms with Crippen LogP contribution in [0.4, 0.5) is 0 Å². The minimum atomic E-state index is -0.133. The van der Waals surface area contributed by atoms with E-state index in [-0.39, 0.29) is 5.60 Å². The van der Waals surface area contributed by atoms with Gasteiger partial charge in [0, 0.05) is 22.9 Å². The van der Waals surface area contributed by atoms with Crippen LogP contribution in [0.1, 0.15) is 49.5 Å². The lowest BCUT2D eigenvalue weighted by Gasteiger charge is -2.16. The third kappa shape index (κ3) is 1.61. The summed E-state index contributed by atoms with van der Waals surface area (Å²) in [6.07, 6.45) is 3.45. The van der Waals surface area contributed by atoms with Crippen molar-refractivity contribution in [2.45, 2.75) is 51.2 Å². The lowest BCUT2D eigenvalue weighted by molar-refractivity contribution is 0.138. The number of benzene rings is 1. The van der Waals surface area contributed by atoms with Gasteiger partial charge in [-0.1, -0.05) is 12.1 Å². The van der Waals surface area contributed by atoms with Gasteiger partial charge in [-0.05, 0) is 32.6 Å². The van der Waals surface area contributed by atoms with E-state index in [0.717, 1.165) is 23.5 Å². The highest BCUT2D eigenvalue weighted by molar-refractivity contribution is 5.90. The molecule has 4 rings (SSSR count). The lowest BCUT2D eigenvalue weighted by Crippen LogP contribution is -2.24. The van der Waals surface area contributed by atoms with Crippen molar-refractivity contribution in [3.05, 3.63) is 29.0 Å². The Labute approximate surface area is 112 Å². The fourth-order valence-electron chi connectivity index (χ4n) is 3.24. The summed E-state index contributed by atoms with van der Waals surface area (Å²) < 4.78 is 12.1. The van der Waals surface area contributed by atoms with Crippen molar-refractivity contribution in [2.24, 2.45) is 5.73 Å². The summed E-state index contributed by atoms with van der Waals surface area (Å²) in [6, 6.07) is 4.38. The minimum absolute atomic E-state index is 0.133. The predicted molar refractivity (Wildman–Crippen MR) is 74.5 cm³/mol. The van der Waals surface area contributed by atoms with Crippen molar-refractivity contribution < 1.29 is 9.15 Å². The average Bonchev–Trinajstić information content (AvgIpc) is 3.03. The number of fused-ring (bicyclic) bond motifs is 3. The van der Waals surface area contributed by atoms with Crippen LogP contribution in [0.15, 0.2) is 16.5 Å². The number of nitrogens with two attached hydrogens (primary N) is 1. The molecule has 0 spiro atoms. The average molecular weight is 257 g/mol. The first kappa shape index (κ1) is 11.4. The number of rotatable bonds is 2. The van der Waals surface area contributed by atoms with Gasteiger partial charge in [-0.3, -0.25) is 0 Å². The smallest absolute Gasteiger partial charge is 0.176 e. The van der Waals surface area contributed by atoms with Crippen LogP contribution in [0.2, 0.25) is 0 Å². The van der Waals surface area contributed by atoms with E-state index in [1.54, 1.807) is 0 Å². The summed E-state index contributed by atoms with van der Waals surface area (Å²) in [5, 5.41) is 1.21. The maximum Gasteiger partial charge on any atom is 0.176 e. The third-order valence-electron chi connectivity index (χ3n) is 4.18. The Kier molecular flexibility index (Phi) is 2.12. The van der Waals surface area contributed by atoms with Gasteiger partial charge in [0.05, 0.1) is 6.54 Å². The Morgan fingerprint density at radius 2 is 2.11 bits per heavy atom. The first-order chi connectivity index (χ1) is 9.09. The molecule has 19 heavy (non-hydrogen) atoms. The molecule has 3 heteroatoms. The number of furan rings is 1. The van der Waals surface area contributed by atoms with Gasteiger partial charge in [0.25, 0.3) is 0 Å². The Bertz CT molecular complexity index is 665. The lowest BCUT2D eigenvalue weighted by atomic mass is 9.99. The monoisotopic (exact) mass is 257 g/mol. The number of hydrogen-bond donors (Lipinski definition) is 1. The minimum Gasteiger partial charge on any atom is -0.483 e.